The fourth-order valence-corrected chi connectivity index (χ4v) is 4.14. The maximum atomic E-state index is 14.7. The highest BCUT2D eigenvalue weighted by Crippen LogP contribution is 2.31. The summed E-state index contributed by atoms with van der Waals surface area (Å²) in [6, 6.07) is 9.99. The van der Waals surface area contributed by atoms with Crippen LogP contribution in [0.3, 0.4) is 0 Å². The fourth-order valence-electron chi connectivity index (χ4n) is 2.67. The van der Waals surface area contributed by atoms with Crippen molar-refractivity contribution < 1.29 is 17.9 Å². The number of benzene rings is 2. The molecule has 1 unspecified atom stereocenters. The predicted octanol–water partition coefficient (Wildman–Crippen LogP) is 2.19. The van der Waals surface area contributed by atoms with Crippen LogP contribution in [0.25, 0.3) is 22.4 Å². The van der Waals surface area contributed by atoms with Crippen molar-refractivity contribution in [3.05, 3.63) is 60.7 Å². The molecule has 3 aromatic rings. The van der Waals surface area contributed by atoms with Gasteiger partial charge in [0.25, 0.3) is 0 Å². The molecule has 0 spiro atoms. The Balaban J connectivity index is 2.03. The highest BCUT2D eigenvalue weighted by Gasteiger charge is 2.21. The third-order valence-corrected chi connectivity index (χ3v) is 5.68. The van der Waals surface area contributed by atoms with Gasteiger partial charge in [-0.15, -0.1) is 0 Å². The van der Waals surface area contributed by atoms with Gasteiger partial charge in [0.1, 0.15) is 11.6 Å². The second-order valence-electron chi connectivity index (χ2n) is 6.22. The number of nitrogens with two attached hydrogens (primary N) is 1. The molecule has 0 radical (unpaired) electrons. The first-order chi connectivity index (χ1) is 13.3. The summed E-state index contributed by atoms with van der Waals surface area (Å²) >= 11 is 0. The maximum absolute atomic E-state index is 14.7. The molecule has 2 aromatic carbocycles. The summed E-state index contributed by atoms with van der Waals surface area (Å²) in [5.41, 5.74) is 6.77. The van der Waals surface area contributed by atoms with Crippen LogP contribution in [-0.4, -0.2) is 36.1 Å². The van der Waals surface area contributed by atoms with Gasteiger partial charge in [0, 0.05) is 17.2 Å². The summed E-state index contributed by atoms with van der Waals surface area (Å²) < 4.78 is 42.4. The van der Waals surface area contributed by atoms with Crippen LogP contribution in [0, 0.1) is 5.82 Å². The molecule has 1 aromatic heterocycles. The Morgan fingerprint density at radius 3 is 2.54 bits per heavy atom. The summed E-state index contributed by atoms with van der Waals surface area (Å²) in [6.07, 6.45) is 2.70. The number of aromatic nitrogens is 2. The molecule has 0 aliphatic rings. The van der Waals surface area contributed by atoms with Crippen LogP contribution < -0.4 is 10.5 Å². The molecule has 3 rings (SSSR count). The van der Waals surface area contributed by atoms with Crippen molar-refractivity contribution in [3.8, 4) is 22.4 Å². The normalized spacial score (nSPS) is 12.7. The Morgan fingerprint density at radius 1 is 1.14 bits per heavy atom. The lowest BCUT2D eigenvalue weighted by atomic mass is 10.0. The third-order valence-electron chi connectivity index (χ3n) is 4.03. The molecular weight excluding hydrogens is 383 g/mol. The lowest BCUT2D eigenvalue weighted by Crippen LogP contribution is -2.35. The number of anilines is 1. The van der Waals surface area contributed by atoms with Crippen molar-refractivity contribution in [1.82, 2.24) is 14.7 Å². The molecular formula is C19H19FN4O3S. The minimum absolute atomic E-state index is 0.00488. The zero-order valence-electron chi connectivity index (χ0n) is 15.0. The average molecular weight is 402 g/mol. The van der Waals surface area contributed by atoms with Crippen molar-refractivity contribution in [2.45, 2.75) is 17.9 Å². The van der Waals surface area contributed by atoms with Crippen LogP contribution in [0.2, 0.25) is 0 Å². The molecule has 1 atom stereocenters. The van der Waals surface area contributed by atoms with Gasteiger partial charge in [0.15, 0.2) is 0 Å². The molecule has 0 aliphatic heterocycles. The third kappa shape index (κ3) is 4.16. The van der Waals surface area contributed by atoms with E-state index >= 15 is 0 Å². The number of halogens is 1. The van der Waals surface area contributed by atoms with Gasteiger partial charge in [0.05, 0.1) is 29.6 Å². The van der Waals surface area contributed by atoms with Gasteiger partial charge in [-0.05, 0) is 30.7 Å². The van der Waals surface area contributed by atoms with E-state index in [4.69, 9.17) is 10.8 Å². The topological polar surface area (TPSA) is 118 Å². The minimum atomic E-state index is -3.90. The first-order valence-electron chi connectivity index (χ1n) is 8.42. The van der Waals surface area contributed by atoms with E-state index in [2.05, 4.69) is 14.7 Å². The standard InChI is InChI=1S/C19H19FN4O3S/c1-12(11-25)24-28(26,27)18-5-3-2-4-14(18)13-6-7-15(16(20)8-13)17-9-23-19(21)10-22-17/h2-10,12,24-25H,11H2,1H3,(H2,21,23). The number of sulfonamides is 1. The van der Waals surface area contributed by atoms with Gasteiger partial charge < -0.3 is 10.8 Å². The molecule has 146 valence electrons. The molecule has 0 fully saturated rings. The molecule has 0 saturated heterocycles. The summed E-state index contributed by atoms with van der Waals surface area (Å²) in [4.78, 5) is 7.95. The number of nitrogens with zero attached hydrogens (tertiary/aromatic N) is 2. The molecule has 4 N–H and O–H groups in total. The average Bonchev–Trinajstić information content (AvgIpc) is 2.68. The number of rotatable bonds is 6. The Bertz CT molecular complexity index is 1090. The van der Waals surface area contributed by atoms with E-state index in [0.717, 1.165) is 0 Å². The van der Waals surface area contributed by atoms with Crippen LogP contribution in [0.15, 0.2) is 59.8 Å². The SMILES string of the molecule is CC(CO)NS(=O)(=O)c1ccccc1-c1ccc(-c2cnc(N)cn2)c(F)c1. The number of hydrogen-bond acceptors (Lipinski definition) is 6. The van der Waals surface area contributed by atoms with Crippen molar-refractivity contribution >= 4 is 15.8 Å². The molecule has 28 heavy (non-hydrogen) atoms. The highest BCUT2D eigenvalue weighted by molar-refractivity contribution is 7.89. The maximum Gasteiger partial charge on any atom is 0.241 e. The quantitative estimate of drug-likeness (QED) is 0.582. The van der Waals surface area contributed by atoms with Gasteiger partial charge >= 0.3 is 0 Å². The summed E-state index contributed by atoms with van der Waals surface area (Å²) in [7, 11) is -3.90. The largest absolute Gasteiger partial charge is 0.395 e. The van der Waals surface area contributed by atoms with Crippen molar-refractivity contribution in [1.29, 1.82) is 0 Å². The van der Waals surface area contributed by atoms with E-state index in [0.29, 0.717) is 16.8 Å². The van der Waals surface area contributed by atoms with Crippen LogP contribution in [-0.2, 0) is 10.0 Å². The second-order valence-corrected chi connectivity index (χ2v) is 7.90. The zero-order valence-corrected chi connectivity index (χ0v) is 15.8. The molecule has 0 aliphatic carbocycles. The molecule has 7 nitrogen and oxygen atoms in total. The Labute approximate surface area is 162 Å². The summed E-state index contributed by atoms with van der Waals surface area (Å²) in [6.45, 7) is 1.20. The van der Waals surface area contributed by atoms with Gasteiger partial charge in [-0.25, -0.2) is 22.5 Å². The number of hydrogen-bond donors (Lipinski definition) is 3. The first-order valence-corrected chi connectivity index (χ1v) is 9.90. The van der Waals surface area contributed by atoms with Crippen LogP contribution in [0.4, 0.5) is 10.2 Å². The number of aliphatic hydroxyl groups excluding tert-OH is 1. The minimum Gasteiger partial charge on any atom is -0.395 e. The molecule has 1 heterocycles. The van der Waals surface area contributed by atoms with E-state index in [1.807, 2.05) is 0 Å². The summed E-state index contributed by atoms with van der Waals surface area (Å²) in [5, 5.41) is 9.13. The van der Waals surface area contributed by atoms with Crippen LogP contribution in [0.5, 0.6) is 0 Å². The van der Waals surface area contributed by atoms with E-state index in [1.54, 1.807) is 31.2 Å². The monoisotopic (exact) mass is 402 g/mol. The Hall–Kier alpha value is -2.88. The predicted molar refractivity (Wildman–Crippen MR) is 104 cm³/mol. The molecule has 0 amide bonds. The first kappa shape index (κ1) is 19.9. The van der Waals surface area contributed by atoms with Gasteiger partial charge in [-0.3, -0.25) is 4.98 Å². The summed E-state index contributed by atoms with van der Waals surface area (Å²) in [5.74, 6) is -0.343. The molecule has 9 heteroatoms. The van der Waals surface area contributed by atoms with E-state index in [1.165, 1.54) is 30.6 Å². The van der Waals surface area contributed by atoms with Gasteiger partial charge in [0.2, 0.25) is 10.0 Å². The van der Waals surface area contributed by atoms with E-state index in [-0.39, 0.29) is 22.9 Å². The van der Waals surface area contributed by atoms with Crippen molar-refractivity contribution in [2.24, 2.45) is 0 Å². The van der Waals surface area contributed by atoms with Crippen LogP contribution >= 0.6 is 0 Å². The Kier molecular flexibility index (Phi) is 5.68. The smallest absolute Gasteiger partial charge is 0.241 e. The van der Waals surface area contributed by atoms with E-state index in [9.17, 15) is 12.8 Å². The van der Waals surface area contributed by atoms with Crippen LogP contribution in [0.1, 0.15) is 6.92 Å². The van der Waals surface area contributed by atoms with Crippen molar-refractivity contribution in [2.75, 3.05) is 12.3 Å². The zero-order chi connectivity index (χ0) is 20.3. The van der Waals surface area contributed by atoms with Gasteiger partial charge in [-0.1, -0.05) is 24.3 Å². The van der Waals surface area contributed by atoms with Crippen molar-refractivity contribution in [3.63, 3.8) is 0 Å². The molecule has 0 bridgehead atoms. The second kappa shape index (κ2) is 8.01. The lowest BCUT2D eigenvalue weighted by molar-refractivity contribution is 0.265. The molecule has 0 saturated carbocycles. The Morgan fingerprint density at radius 2 is 1.89 bits per heavy atom. The number of aliphatic hydroxyl groups is 1. The number of nitrogens with one attached hydrogen (secondary N) is 1. The lowest BCUT2D eigenvalue weighted by Gasteiger charge is -2.15. The number of nitrogen functional groups attached to an aromatic ring is 1. The van der Waals surface area contributed by atoms with Gasteiger partial charge in [-0.2, -0.15) is 0 Å². The highest BCUT2D eigenvalue weighted by atomic mass is 32.2. The van der Waals surface area contributed by atoms with E-state index < -0.39 is 21.9 Å². The fraction of sp³-hybridized carbons (Fsp3) is 0.158.